The van der Waals surface area contributed by atoms with Crippen LogP contribution in [0.2, 0.25) is 0 Å². The molecule has 1 heterocycles. The van der Waals surface area contributed by atoms with Crippen molar-refractivity contribution in [2.24, 2.45) is 0 Å². The van der Waals surface area contributed by atoms with Crippen LogP contribution >= 0.6 is 11.8 Å². The number of carbonyl (C=O) groups is 2. The molecule has 1 saturated heterocycles. The number of hydrogen-bond donors (Lipinski definition) is 1. The van der Waals surface area contributed by atoms with E-state index < -0.39 is 0 Å². The molecule has 3 rings (SSSR count). The Balaban J connectivity index is 1.61. The molecular formula is C21H31N3O2S. The molecule has 1 saturated carbocycles. The molecular weight excluding hydrogens is 358 g/mol. The second kappa shape index (κ2) is 10.1. The zero-order chi connectivity index (χ0) is 19.1. The molecule has 0 bridgehead atoms. The van der Waals surface area contributed by atoms with Gasteiger partial charge in [0, 0.05) is 37.6 Å². The highest BCUT2D eigenvalue weighted by atomic mass is 32.2. The molecule has 0 unspecified atom stereocenters. The summed E-state index contributed by atoms with van der Waals surface area (Å²) in [6.07, 6.45) is 6.94. The van der Waals surface area contributed by atoms with Gasteiger partial charge in [0.25, 0.3) is 5.91 Å². The SMILES string of the molecule is CN(C(=O)CSc1ccccc1C(=O)N1CCCNCC1)C1CCCCC1. The predicted molar refractivity (Wildman–Crippen MR) is 110 cm³/mol. The summed E-state index contributed by atoms with van der Waals surface area (Å²) in [5, 5.41) is 3.33. The van der Waals surface area contributed by atoms with Crippen LogP contribution in [0.4, 0.5) is 0 Å². The van der Waals surface area contributed by atoms with Gasteiger partial charge >= 0.3 is 0 Å². The van der Waals surface area contributed by atoms with Crippen LogP contribution in [0.15, 0.2) is 29.2 Å². The number of nitrogens with one attached hydrogen (secondary N) is 1. The molecule has 1 aliphatic carbocycles. The van der Waals surface area contributed by atoms with Crippen LogP contribution in [0.1, 0.15) is 48.9 Å². The molecule has 148 valence electrons. The van der Waals surface area contributed by atoms with E-state index in [-0.39, 0.29) is 11.8 Å². The van der Waals surface area contributed by atoms with E-state index in [2.05, 4.69) is 5.32 Å². The first-order valence-corrected chi connectivity index (χ1v) is 11.1. The lowest BCUT2D eigenvalue weighted by Gasteiger charge is -2.31. The van der Waals surface area contributed by atoms with Gasteiger partial charge in [0.05, 0.1) is 11.3 Å². The first-order chi connectivity index (χ1) is 13.2. The van der Waals surface area contributed by atoms with Gasteiger partial charge in [-0.15, -0.1) is 11.8 Å². The van der Waals surface area contributed by atoms with E-state index in [1.807, 2.05) is 41.1 Å². The normalized spacial score (nSPS) is 18.8. The maximum atomic E-state index is 13.0. The molecule has 27 heavy (non-hydrogen) atoms. The van der Waals surface area contributed by atoms with Crippen molar-refractivity contribution >= 4 is 23.6 Å². The van der Waals surface area contributed by atoms with Crippen LogP contribution in [-0.4, -0.2) is 66.6 Å². The van der Waals surface area contributed by atoms with E-state index in [4.69, 9.17) is 0 Å². The highest BCUT2D eigenvalue weighted by molar-refractivity contribution is 8.00. The molecule has 1 aromatic rings. The summed E-state index contributed by atoms with van der Waals surface area (Å²) in [7, 11) is 1.93. The van der Waals surface area contributed by atoms with Crippen LogP contribution in [0, 0.1) is 0 Å². The fourth-order valence-electron chi connectivity index (χ4n) is 3.90. The van der Waals surface area contributed by atoms with Crippen LogP contribution in [0.3, 0.4) is 0 Å². The minimum atomic E-state index is 0.0786. The molecule has 2 fully saturated rings. The smallest absolute Gasteiger partial charge is 0.255 e. The highest BCUT2D eigenvalue weighted by Gasteiger charge is 2.23. The molecule has 1 aliphatic heterocycles. The summed E-state index contributed by atoms with van der Waals surface area (Å²) in [5.41, 5.74) is 0.720. The van der Waals surface area contributed by atoms with Crippen molar-refractivity contribution in [1.29, 1.82) is 0 Å². The molecule has 1 aromatic carbocycles. The van der Waals surface area contributed by atoms with Crippen molar-refractivity contribution in [1.82, 2.24) is 15.1 Å². The lowest BCUT2D eigenvalue weighted by molar-refractivity contribution is -0.129. The summed E-state index contributed by atoms with van der Waals surface area (Å²) in [5.74, 6) is 0.627. The Kier molecular flexibility index (Phi) is 7.59. The van der Waals surface area contributed by atoms with Crippen molar-refractivity contribution in [2.75, 3.05) is 39.0 Å². The zero-order valence-electron chi connectivity index (χ0n) is 16.3. The molecule has 0 aromatic heterocycles. The average Bonchev–Trinajstić information content (AvgIpc) is 3.01. The Labute approximate surface area is 166 Å². The zero-order valence-corrected chi connectivity index (χ0v) is 17.1. The van der Waals surface area contributed by atoms with E-state index >= 15 is 0 Å². The molecule has 0 atom stereocenters. The van der Waals surface area contributed by atoms with Crippen LogP contribution in [0.25, 0.3) is 0 Å². The van der Waals surface area contributed by atoms with E-state index in [1.54, 1.807) is 0 Å². The number of hydrogen-bond acceptors (Lipinski definition) is 4. The number of amides is 2. The quantitative estimate of drug-likeness (QED) is 0.787. The van der Waals surface area contributed by atoms with Crippen molar-refractivity contribution in [2.45, 2.75) is 49.5 Å². The number of rotatable bonds is 5. The summed E-state index contributed by atoms with van der Waals surface area (Å²) < 4.78 is 0. The van der Waals surface area contributed by atoms with E-state index in [9.17, 15) is 9.59 Å². The van der Waals surface area contributed by atoms with Crippen molar-refractivity contribution in [3.8, 4) is 0 Å². The fourth-order valence-corrected chi connectivity index (χ4v) is 4.87. The highest BCUT2D eigenvalue weighted by Crippen LogP contribution is 2.26. The maximum absolute atomic E-state index is 13.0. The molecule has 1 N–H and O–H groups in total. The van der Waals surface area contributed by atoms with Gasteiger partial charge in [-0.05, 0) is 37.9 Å². The Morgan fingerprint density at radius 3 is 2.70 bits per heavy atom. The topological polar surface area (TPSA) is 52.7 Å². The first-order valence-electron chi connectivity index (χ1n) is 10.1. The fraction of sp³-hybridized carbons (Fsp3) is 0.619. The molecule has 5 nitrogen and oxygen atoms in total. The van der Waals surface area contributed by atoms with Gasteiger partial charge in [-0.25, -0.2) is 0 Å². The predicted octanol–water partition coefficient (Wildman–Crippen LogP) is 3.01. The van der Waals surface area contributed by atoms with Gasteiger partial charge in [-0.1, -0.05) is 31.4 Å². The third kappa shape index (κ3) is 5.48. The number of carbonyl (C=O) groups excluding carboxylic acids is 2. The number of nitrogens with zero attached hydrogens (tertiary/aromatic N) is 2. The summed E-state index contributed by atoms with van der Waals surface area (Å²) >= 11 is 1.49. The van der Waals surface area contributed by atoms with Gasteiger partial charge in [-0.2, -0.15) is 0 Å². The van der Waals surface area contributed by atoms with Crippen LogP contribution in [-0.2, 0) is 4.79 Å². The van der Waals surface area contributed by atoms with Gasteiger partial charge in [-0.3, -0.25) is 9.59 Å². The van der Waals surface area contributed by atoms with Gasteiger partial charge in [0.2, 0.25) is 5.91 Å². The van der Waals surface area contributed by atoms with Gasteiger partial charge < -0.3 is 15.1 Å². The monoisotopic (exact) mass is 389 g/mol. The van der Waals surface area contributed by atoms with Crippen LogP contribution < -0.4 is 5.32 Å². The number of benzene rings is 1. The minimum Gasteiger partial charge on any atom is -0.342 e. The third-order valence-electron chi connectivity index (χ3n) is 5.61. The van der Waals surface area contributed by atoms with Crippen molar-refractivity contribution in [3.05, 3.63) is 29.8 Å². The van der Waals surface area contributed by atoms with Crippen molar-refractivity contribution in [3.63, 3.8) is 0 Å². The Morgan fingerprint density at radius 1 is 1.11 bits per heavy atom. The lowest BCUT2D eigenvalue weighted by atomic mass is 9.94. The van der Waals surface area contributed by atoms with Gasteiger partial charge in [0.15, 0.2) is 0 Å². The molecule has 0 spiro atoms. The summed E-state index contributed by atoms with van der Waals surface area (Å²) in [4.78, 5) is 30.4. The second-order valence-corrected chi connectivity index (χ2v) is 8.49. The van der Waals surface area contributed by atoms with Crippen molar-refractivity contribution < 1.29 is 9.59 Å². The first kappa shape index (κ1) is 20.2. The lowest BCUT2D eigenvalue weighted by Crippen LogP contribution is -2.39. The molecule has 2 aliphatic rings. The molecule has 6 heteroatoms. The van der Waals surface area contributed by atoms with Crippen LogP contribution in [0.5, 0.6) is 0 Å². The Bertz CT molecular complexity index is 638. The molecule has 0 radical (unpaired) electrons. The summed E-state index contributed by atoms with van der Waals surface area (Å²) in [6, 6.07) is 8.08. The molecule has 2 amide bonds. The largest absolute Gasteiger partial charge is 0.342 e. The average molecular weight is 390 g/mol. The van der Waals surface area contributed by atoms with Gasteiger partial charge in [0.1, 0.15) is 0 Å². The standard InChI is InChI=1S/C21H31N3O2S/c1-23(17-8-3-2-4-9-17)20(25)16-27-19-11-6-5-10-18(19)21(26)24-14-7-12-22-13-15-24/h5-6,10-11,17,22H,2-4,7-9,12-16H2,1H3. The van der Waals surface area contributed by atoms with E-state index in [1.165, 1.54) is 31.0 Å². The Morgan fingerprint density at radius 2 is 1.89 bits per heavy atom. The Hall–Kier alpha value is -1.53. The number of thioether (sulfide) groups is 1. The second-order valence-electron chi connectivity index (χ2n) is 7.48. The van der Waals surface area contributed by atoms with E-state index in [0.717, 1.165) is 55.9 Å². The maximum Gasteiger partial charge on any atom is 0.255 e. The minimum absolute atomic E-state index is 0.0786. The van der Waals surface area contributed by atoms with E-state index in [0.29, 0.717) is 11.8 Å². The third-order valence-corrected chi connectivity index (χ3v) is 6.67. The summed E-state index contributed by atoms with van der Waals surface area (Å²) in [6.45, 7) is 3.32.